The molecule has 1 nitrogen and oxygen atoms in total. The van der Waals surface area contributed by atoms with Crippen LogP contribution in [0.4, 0.5) is 0 Å². The number of aliphatic hydroxyl groups excluding tert-OH is 1. The molecule has 0 aliphatic carbocycles. The van der Waals surface area contributed by atoms with Gasteiger partial charge in [-0.2, -0.15) is 0 Å². The molecule has 0 atom stereocenters. The molecule has 0 spiro atoms. The van der Waals surface area contributed by atoms with Gasteiger partial charge in [0, 0.05) is 6.61 Å². The van der Waals surface area contributed by atoms with E-state index in [0.29, 0.717) is 6.61 Å². The van der Waals surface area contributed by atoms with Gasteiger partial charge >= 0.3 is 37.7 Å². The van der Waals surface area contributed by atoms with Gasteiger partial charge in [0.2, 0.25) is 0 Å². The third kappa shape index (κ3) is 13.8. The SMILES string of the molecule is CCCCCCCCCCO.[CaH2]. The summed E-state index contributed by atoms with van der Waals surface area (Å²) in [5.41, 5.74) is 0. The number of unbranched alkanes of at least 4 members (excludes halogenated alkanes) is 7. The van der Waals surface area contributed by atoms with Crippen molar-refractivity contribution in [3.8, 4) is 0 Å². The van der Waals surface area contributed by atoms with Gasteiger partial charge in [-0.3, -0.25) is 0 Å². The Morgan fingerprint density at radius 3 is 1.58 bits per heavy atom. The second-order valence-electron chi connectivity index (χ2n) is 3.20. The van der Waals surface area contributed by atoms with Gasteiger partial charge in [-0.05, 0) is 6.42 Å². The molecule has 0 aliphatic rings. The van der Waals surface area contributed by atoms with Crippen LogP contribution < -0.4 is 0 Å². The van der Waals surface area contributed by atoms with E-state index in [0.717, 1.165) is 6.42 Å². The van der Waals surface area contributed by atoms with Crippen LogP contribution in [0.3, 0.4) is 0 Å². The standard InChI is InChI=1S/C10H22O.Ca.2H/c1-2-3-4-5-6-7-8-9-10-11;;;/h11H,2-10H2,1H3;;;. The average Bonchev–Trinajstić information content (AvgIpc) is 2.03. The summed E-state index contributed by atoms with van der Waals surface area (Å²) in [5, 5.41) is 8.51. The Morgan fingerprint density at radius 2 is 1.17 bits per heavy atom. The van der Waals surface area contributed by atoms with Crippen molar-refractivity contribution in [2.75, 3.05) is 6.61 Å². The van der Waals surface area contributed by atoms with Gasteiger partial charge in [-0.15, -0.1) is 0 Å². The van der Waals surface area contributed by atoms with Gasteiger partial charge in [-0.1, -0.05) is 51.9 Å². The summed E-state index contributed by atoms with van der Waals surface area (Å²) in [6.45, 7) is 2.61. The van der Waals surface area contributed by atoms with Crippen molar-refractivity contribution < 1.29 is 5.11 Å². The summed E-state index contributed by atoms with van der Waals surface area (Å²) in [6, 6.07) is 0. The van der Waals surface area contributed by atoms with Crippen LogP contribution in [0.1, 0.15) is 58.3 Å². The molecule has 72 valence electrons. The fourth-order valence-corrected chi connectivity index (χ4v) is 1.25. The predicted molar refractivity (Wildman–Crippen MR) is 58.2 cm³/mol. The van der Waals surface area contributed by atoms with Crippen LogP contribution in [-0.2, 0) is 0 Å². The Bertz CT molecular complexity index is 58.9. The zero-order valence-corrected chi connectivity index (χ0v) is 7.81. The van der Waals surface area contributed by atoms with Crippen molar-refractivity contribution in [3.63, 3.8) is 0 Å². The van der Waals surface area contributed by atoms with Crippen LogP contribution in [0.2, 0.25) is 0 Å². The van der Waals surface area contributed by atoms with Gasteiger partial charge in [0.15, 0.2) is 0 Å². The van der Waals surface area contributed by atoms with Crippen LogP contribution in [0.5, 0.6) is 0 Å². The molecule has 0 unspecified atom stereocenters. The van der Waals surface area contributed by atoms with Crippen LogP contribution in [0, 0.1) is 0 Å². The third-order valence-corrected chi connectivity index (χ3v) is 2.01. The van der Waals surface area contributed by atoms with Crippen LogP contribution >= 0.6 is 0 Å². The molecule has 0 radical (unpaired) electrons. The maximum absolute atomic E-state index is 8.51. The molecule has 0 aromatic heterocycles. The molecular weight excluding hydrogens is 176 g/mol. The summed E-state index contributed by atoms with van der Waals surface area (Å²) in [4.78, 5) is 0. The zero-order chi connectivity index (χ0) is 8.36. The van der Waals surface area contributed by atoms with E-state index in [1.165, 1.54) is 44.9 Å². The summed E-state index contributed by atoms with van der Waals surface area (Å²) in [5.74, 6) is 0. The van der Waals surface area contributed by atoms with Gasteiger partial charge in [0.25, 0.3) is 0 Å². The second kappa shape index (κ2) is 14.7. The molecule has 0 amide bonds. The van der Waals surface area contributed by atoms with Crippen molar-refractivity contribution in [1.82, 2.24) is 0 Å². The number of hydrogen-bond acceptors (Lipinski definition) is 1. The summed E-state index contributed by atoms with van der Waals surface area (Å²) < 4.78 is 0. The first kappa shape index (κ1) is 15.7. The van der Waals surface area contributed by atoms with Gasteiger partial charge in [-0.25, -0.2) is 0 Å². The monoisotopic (exact) mass is 200 g/mol. The Hall–Kier alpha value is 1.22. The van der Waals surface area contributed by atoms with E-state index in [-0.39, 0.29) is 37.7 Å². The Kier molecular flexibility index (Phi) is 19.2. The Balaban J connectivity index is 0. The number of aliphatic hydroxyl groups is 1. The fourth-order valence-electron chi connectivity index (χ4n) is 1.25. The Labute approximate surface area is 107 Å². The molecule has 0 aliphatic heterocycles. The van der Waals surface area contributed by atoms with Crippen LogP contribution in [-0.4, -0.2) is 49.5 Å². The molecule has 0 bridgehead atoms. The van der Waals surface area contributed by atoms with Crippen molar-refractivity contribution >= 4 is 37.7 Å². The second-order valence-corrected chi connectivity index (χ2v) is 3.20. The molecule has 0 fully saturated rings. The number of rotatable bonds is 8. The topological polar surface area (TPSA) is 20.2 Å². The summed E-state index contributed by atoms with van der Waals surface area (Å²) >= 11 is 0. The molecule has 12 heavy (non-hydrogen) atoms. The minimum absolute atomic E-state index is 0. The van der Waals surface area contributed by atoms with Crippen molar-refractivity contribution in [2.45, 2.75) is 58.3 Å². The maximum atomic E-state index is 8.51. The van der Waals surface area contributed by atoms with Gasteiger partial charge in [0.1, 0.15) is 0 Å². The normalized spacial score (nSPS) is 9.50. The average molecular weight is 200 g/mol. The molecular formula is C10H24CaO. The number of hydrogen-bond donors (Lipinski definition) is 1. The van der Waals surface area contributed by atoms with E-state index < -0.39 is 0 Å². The van der Waals surface area contributed by atoms with Gasteiger partial charge in [0.05, 0.1) is 0 Å². The molecule has 0 saturated carbocycles. The van der Waals surface area contributed by atoms with E-state index >= 15 is 0 Å². The first-order valence-corrected chi connectivity index (χ1v) is 5.02. The fraction of sp³-hybridized carbons (Fsp3) is 1.00. The predicted octanol–water partition coefficient (Wildman–Crippen LogP) is 2.20. The molecule has 0 rings (SSSR count). The van der Waals surface area contributed by atoms with E-state index in [1.807, 2.05) is 0 Å². The van der Waals surface area contributed by atoms with Crippen molar-refractivity contribution in [2.24, 2.45) is 0 Å². The third-order valence-electron chi connectivity index (χ3n) is 2.01. The zero-order valence-electron chi connectivity index (χ0n) is 7.81. The van der Waals surface area contributed by atoms with E-state index in [9.17, 15) is 0 Å². The van der Waals surface area contributed by atoms with E-state index in [4.69, 9.17) is 5.11 Å². The molecule has 2 heteroatoms. The van der Waals surface area contributed by atoms with Crippen molar-refractivity contribution in [3.05, 3.63) is 0 Å². The van der Waals surface area contributed by atoms with Crippen LogP contribution in [0.25, 0.3) is 0 Å². The van der Waals surface area contributed by atoms with E-state index in [2.05, 4.69) is 6.92 Å². The summed E-state index contributed by atoms with van der Waals surface area (Å²) in [7, 11) is 0. The quantitative estimate of drug-likeness (QED) is 0.470. The summed E-state index contributed by atoms with van der Waals surface area (Å²) in [6.07, 6.45) is 10.4. The molecule has 0 aromatic rings. The van der Waals surface area contributed by atoms with E-state index in [1.54, 1.807) is 0 Å². The first-order chi connectivity index (χ1) is 5.41. The first-order valence-electron chi connectivity index (χ1n) is 5.02. The van der Waals surface area contributed by atoms with Crippen LogP contribution in [0.15, 0.2) is 0 Å². The van der Waals surface area contributed by atoms with Gasteiger partial charge < -0.3 is 5.11 Å². The van der Waals surface area contributed by atoms with Crippen molar-refractivity contribution in [1.29, 1.82) is 0 Å². The minimum atomic E-state index is 0. The molecule has 0 saturated heterocycles. The molecule has 1 N–H and O–H groups in total. The Morgan fingerprint density at radius 1 is 0.750 bits per heavy atom. The molecule has 0 aromatic carbocycles. The molecule has 0 heterocycles.